The molecular weight excluding hydrogens is 356 g/mol. The molecule has 0 heterocycles. The second-order valence-corrected chi connectivity index (χ2v) is 10.3. The third-order valence-electron chi connectivity index (χ3n) is 5.16. The fourth-order valence-electron chi connectivity index (χ4n) is 3.78. The van der Waals surface area contributed by atoms with Gasteiger partial charge < -0.3 is 4.43 Å². The third kappa shape index (κ3) is 3.57. The first-order valence-electron chi connectivity index (χ1n) is 9.70. The lowest BCUT2D eigenvalue weighted by Gasteiger charge is -2.36. The van der Waals surface area contributed by atoms with E-state index in [9.17, 15) is 0 Å². The molecule has 138 valence electrons. The maximum atomic E-state index is 7.12. The normalized spacial score (nSPS) is 12.5. The van der Waals surface area contributed by atoms with Crippen LogP contribution in [0.1, 0.15) is 18.6 Å². The van der Waals surface area contributed by atoms with Gasteiger partial charge in [0.1, 0.15) is 0 Å². The van der Waals surface area contributed by atoms with E-state index in [4.69, 9.17) is 4.43 Å². The van der Waals surface area contributed by atoms with E-state index in [1.54, 1.807) is 0 Å². The Kier molecular flexibility index (Phi) is 5.52. The van der Waals surface area contributed by atoms with Crippen molar-refractivity contribution in [2.75, 3.05) is 0 Å². The summed E-state index contributed by atoms with van der Waals surface area (Å²) in [4.78, 5) is 0. The van der Waals surface area contributed by atoms with E-state index < -0.39 is 8.32 Å². The fraction of sp³-hybridized carbons (Fsp3) is 0.0769. The van der Waals surface area contributed by atoms with E-state index in [2.05, 4.69) is 122 Å². The predicted molar refractivity (Wildman–Crippen MR) is 120 cm³/mol. The van der Waals surface area contributed by atoms with Crippen LogP contribution in [0.3, 0.4) is 0 Å². The van der Waals surface area contributed by atoms with Gasteiger partial charge in [-0.2, -0.15) is 0 Å². The van der Waals surface area contributed by atoms with Crippen molar-refractivity contribution >= 4 is 23.9 Å². The van der Waals surface area contributed by atoms with Crippen molar-refractivity contribution < 1.29 is 4.43 Å². The maximum absolute atomic E-state index is 7.12. The molecule has 1 atom stereocenters. The van der Waals surface area contributed by atoms with Crippen LogP contribution >= 0.6 is 0 Å². The van der Waals surface area contributed by atoms with E-state index in [-0.39, 0.29) is 6.10 Å². The molecule has 28 heavy (non-hydrogen) atoms. The zero-order valence-corrected chi connectivity index (χ0v) is 17.0. The summed E-state index contributed by atoms with van der Waals surface area (Å²) in [6.45, 7) is 2.16. The molecule has 0 saturated carbocycles. The monoisotopic (exact) mass is 380 g/mol. The molecule has 0 aromatic heterocycles. The highest BCUT2D eigenvalue weighted by molar-refractivity contribution is 7.07. The van der Waals surface area contributed by atoms with Crippen LogP contribution in [0, 0.1) is 0 Å². The van der Waals surface area contributed by atoms with Crippen LogP contribution in [-0.2, 0) is 4.43 Å². The Hall–Kier alpha value is -2.94. The van der Waals surface area contributed by atoms with Crippen molar-refractivity contribution in [3.63, 3.8) is 0 Å². The molecule has 1 unspecified atom stereocenters. The SMILES string of the molecule is CC(O[Si](c1ccccc1)(c1ccccc1)c1ccccc1)c1ccccc1. The lowest BCUT2D eigenvalue weighted by Crippen LogP contribution is -2.69. The third-order valence-corrected chi connectivity index (χ3v) is 9.31. The van der Waals surface area contributed by atoms with Crippen molar-refractivity contribution in [2.45, 2.75) is 13.0 Å². The van der Waals surface area contributed by atoms with Crippen LogP contribution in [0.25, 0.3) is 0 Å². The fourth-order valence-corrected chi connectivity index (χ4v) is 7.84. The number of hydrogen-bond acceptors (Lipinski definition) is 1. The molecule has 0 saturated heterocycles. The van der Waals surface area contributed by atoms with E-state index in [0.717, 1.165) is 0 Å². The first-order valence-corrected chi connectivity index (χ1v) is 11.6. The Bertz CT molecular complexity index is 889. The van der Waals surface area contributed by atoms with Crippen molar-refractivity contribution in [3.8, 4) is 0 Å². The Morgan fingerprint density at radius 3 is 1.18 bits per heavy atom. The lowest BCUT2D eigenvalue weighted by molar-refractivity contribution is 0.229. The summed E-state index contributed by atoms with van der Waals surface area (Å²) in [7, 11) is -2.67. The molecule has 1 nitrogen and oxygen atoms in total. The van der Waals surface area contributed by atoms with Gasteiger partial charge in [-0.15, -0.1) is 0 Å². The smallest absolute Gasteiger partial charge is 0.288 e. The molecule has 0 aliphatic carbocycles. The van der Waals surface area contributed by atoms with Crippen molar-refractivity contribution in [1.29, 1.82) is 0 Å². The molecule has 4 aromatic carbocycles. The van der Waals surface area contributed by atoms with Crippen molar-refractivity contribution in [2.24, 2.45) is 0 Å². The molecule has 2 heteroatoms. The summed E-state index contributed by atoms with van der Waals surface area (Å²) in [6.07, 6.45) is -0.0199. The van der Waals surface area contributed by atoms with Gasteiger partial charge in [0.2, 0.25) is 0 Å². The van der Waals surface area contributed by atoms with Crippen LogP contribution in [0.15, 0.2) is 121 Å². The van der Waals surface area contributed by atoms with Gasteiger partial charge in [0.25, 0.3) is 8.32 Å². The molecule has 4 aromatic rings. The largest absolute Gasteiger partial charge is 0.397 e. The zero-order valence-electron chi connectivity index (χ0n) is 16.0. The van der Waals surface area contributed by atoms with Gasteiger partial charge in [-0.1, -0.05) is 121 Å². The summed E-state index contributed by atoms with van der Waals surface area (Å²) in [5, 5.41) is 3.78. The summed E-state index contributed by atoms with van der Waals surface area (Å²) in [5.41, 5.74) is 1.20. The van der Waals surface area contributed by atoms with Gasteiger partial charge in [0, 0.05) is 0 Å². The van der Waals surface area contributed by atoms with Crippen LogP contribution in [0.2, 0.25) is 0 Å². The molecule has 0 N–H and O–H groups in total. The molecule has 0 radical (unpaired) electrons. The molecular formula is C26H24OSi. The van der Waals surface area contributed by atoms with E-state index >= 15 is 0 Å². The van der Waals surface area contributed by atoms with Crippen LogP contribution < -0.4 is 15.6 Å². The van der Waals surface area contributed by atoms with Crippen LogP contribution in [0.4, 0.5) is 0 Å². The van der Waals surface area contributed by atoms with Gasteiger partial charge in [0.05, 0.1) is 6.10 Å². The standard InChI is InChI=1S/C26H24OSi/c1-22(23-14-6-2-7-15-23)27-28(24-16-8-3-9-17-24,25-18-10-4-11-19-25)26-20-12-5-13-21-26/h2-22H,1H3. The number of rotatable bonds is 6. The summed E-state index contributed by atoms with van der Waals surface area (Å²) >= 11 is 0. The minimum absolute atomic E-state index is 0.0199. The van der Waals surface area contributed by atoms with E-state index in [1.807, 2.05) is 6.07 Å². The van der Waals surface area contributed by atoms with Gasteiger partial charge in [-0.3, -0.25) is 0 Å². The van der Waals surface area contributed by atoms with Gasteiger partial charge in [0.15, 0.2) is 0 Å². The molecule has 0 fully saturated rings. The van der Waals surface area contributed by atoms with E-state index in [1.165, 1.54) is 21.1 Å². The summed E-state index contributed by atoms with van der Waals surface area (Å²) in [5.74, 6) is 0. The minimum Gasteiger partial charge on any atom is -0.397 e. The Balaban J connectivity index is 1.93. The average molecular weight is 381 g/mol. The molecule has 0 aliphatic rings. The highest BCUT2D eigenvalue weighted by Crippen LogP contribution is 2.22. The number of hydrogen-bond donors (Lipinski definition) is 0. The second kappa shape index (κ2) is 8.38. The molecule has 0 aliphatic heterocycles. The quantitative estimate of drug-likeness (QED) is 0.355. The molecule has 4 rings (SSSR count). The van der Waals surface area contributed by atoms with E-state index in [0.29, 0.717) is 0 Å². The first kappa shape index (κ1) is 18.4. The summed E-state index contributed by atoms with van der Waals surface area (Å²) in [6, 6.07) is 42.6. The Labute approximate surface area is 168 Å². The number of benzene rings is 4. The zero-order chi connectivity index (χ0) is 19.2. The highest BCUT2D eigenvalue weighted by Gasteiger charge is 2.43. The second-order valence-electron chi connectivity index (χ2n) is 6.95. The van der Waals surface area contributed by atoms with Gasteiger partial charge in [-0.05, 0) is 28.0 Å². The molecule has 0 bridgehead atoms. The highest BCUT2D eigenvalue weighted by atomic mass is 28.4. The minimum atomic E-state index is -2.67. The van der Waals surface area contributed by atoms with Crippen LogP contribution in [0.5, 0.6) is 0 Å². The van der Waals surface area contributed by atoms with Crippen molar-refractivity contribution in [1.82, 2.24) is 0 Å². The molecule has 0 spiro atoms. The van der Waals surface area contributed by atoms with Crippen LogP contribution in [-0.4, -0.2) is 8.32 Å². The molecule has 0 amide bonds. The maximum Gasteiger partial charge on any atom is 0.288 e. The van der Waals surface area contributed by atoms with Gasteiger partial charge >= 0.3 is 0 Å². The van der Waals surface area contributed by atoms with Gasteiger partial charge in [-0.25, -0.2) is 0 Å². The Morgan fingerprint density at radius 2 is 0.821 bits per heavy atom. The summed E-state index contributed by atoms with van der Waals surface area (Å²) < 4.78 is 7.12. The lowest BCUT2D eigenvalue weighted by atomic mass is 10.1. The topological polar surface area (TPSA) is 9.23 Å². The van der Waals surface area contributed by atoms with Crippen molar-refractivity contribution in [3.05, 3.63) is 127 Å². The average Bonchev–Trinajstić information content (AvgIpc) is 2.80. The first-order chi connectivity index (χ1) is 13.8. The Morgan fingerprint density at radius 1 is 0.500 bits per heavy atom. The predicted octanol–water partition coefficient (Wildman–Crippen LogP) is 4.43.